The maximum absolute atomic E-state index is 5.83. The Morgan fingerprint density at radius 2 is 1.90 bits per heavy atom. The standard InChI is InChI=1S/C13H15ClN3O2P/c1-9-8-15-13(14)17-12(9)16-10-6-4-5-7-11(10)20(18-2)19-3/h4-8H,1-3H3,(H,15,16,17). The van der Waals surface area contributed by atoms with E-state index in [2.05, 4.69) is 15.3 Å². The van der Waals surface area contributed by atoms with Crippen LogP contribution in [0.25, 0.3) is 0 Å². The molecule has 0 bridgehead atoms. The number of halogens is 1. The molecule has 0 aliphatic carbocycles. The van der Waals surface area contributed by atoms with Gasteiger partial charge in [-0.1, -0.05) is 12.1 Å². The zero-order chi connectivity index (χ0) is 14.5. The Bertz CT molecular complexity index is 594. The summed E-state index contributed by atoms with van der Waals surface area (Å²) in [5.41, 5.74) is 1.78. The summed E-state index contributed by atoms with van der Waals surface area (Å²) in [6.07, 6.45) is 1.68. The highest BCUT2D eigenvalue weighted by Gasteiger charge is 2.15. The van der Waals surface area contributed by atoms with Crippen LogP contribution >= 0.6 is 20.0 Å². The molecule has 0 fully saturated rings. The monoisotopic (exact) mass is 311 g/mol. The van der Waals surface area contributed by atoms with Crippen LogP contribution < -0.4 is 10.6 Å². The molecule has 2 rings (SSSR count). The third kappa shape index (κ3) is 3.44. The van der Waals surface area contributed by atoms with Gasteiger partial charge in [0.25, 0.3) is 0 Å². The quantitative estimate of drug-likeness (QED) is 0.677. The average molecular weight is 312 g/mol. The van der Waals surface area contributed by atoms with Gasteiger partial charge >= 0.3 is 0 Å². The Hall–Kier alpha value is -1.26. The van der Waals surface area contributed by atoms with E-state index in [9.17, 15) is 0 Å². The number of nitrogens with one attached hydrogen (secondary N) is 1. The van der Waals surface area contributed by atoms with E-state index in [0.717, 1.165) is 16.6 Å². The zero-order valence-electron chi connectivity index (χ0n) is 11.4. The summed E-state index contributed by atoms with van der Waals surface area (Å²) in [6.45, 7) is 1.91. The lowest BCUT2D eigenvalue weighted by molar-refractivity contribution is 0.350. The Labute approximate surface area is 124 Å². The molecule has 1 aromatic carbocycles. The highest BCUT2D eigenvalue weighted by Crippen LogP contribution is 2.38. The summed E-state index contributed by atoms with van der Waals surface area (Å²) in [5, 5.41) is 4.40. The Morgan fingerprint density at radius 1 is 1.20 bits per heavy atom. The molecule has 1 aromatic heterocycles. The van der Waals surface area contributed by atoms with Crippen LogP contribution in [-0.2, 0) is 9.05 Å². The number of hydrogen-bond donors (Lipinski definition) is 1. The minimum atomic E-state index is -1.12. The van der Waals surface area contributed by atoms with Gasteiger partial charge in [-0.25, -0.2) is 9.97 Å². The number of nitrogens with zero attached hydrogens (tertiary/aromatic N) is 2. The van der Waals surface area contributed by atoms with Crippen LogP contribution in [0.1, 0.15) is 5.56 Å². The fraction of sp³-hybridized carbons (Fsp3) is 0.231. The van der Waals surface area contributed by atoms with Crippen molar-refractivity contribution in [1.82, 2.24) is 9.97 Å². The van der Waals surface area contributed by atoms with Crippen LogP contribution in [0, 0.1) is 6.92 Å². The SMILES string of the molecule is COP(OC)c1ccccc1Nc1nc(Cl)ncc1C. The normalized spacial score (nSPS) is 10.8. The van der Waals surface area contributed by atoms with Crippen molar-refractivity contribution in [3.05, 3.63) is 41.3 Å². The Morgan fingerprint density at radius 3 is 2.60 bits per heavy atom. The van der Waals surface area contributed by atoms with Crippen LogP contribution in [0.2, 0.25) is 5.28 Å². The van der Waals surface area contributed by atoms with Gasteiger partial charge in [0.2, 0.25) is 13.7 Å². The minimum Gasteiger partial charge on any atom is -0.339 e. The van der Waals surface area contributed by atoms with E-state index in [-0.39, 0.29) is 5.28 Å². The maximum atomic E-state index is 5.83. The number of aromatic nitrogens is 2. The molecule has 0 radical (unpaired) electrons. The molecule has 5 nitrogen and oxygen atoms in total. The lowest BCUT2D eigenvalue weighted by atomic mass is 10.3. The minimum absolute atomic E-state index is 0.205. The highest BCUT2D eigenvalue weighted by atomic mass is 35.5. The summed E-state index contributed by atoms with van der Waals surface area (Å²) in [5.74, 6) is 0.666. The first-order chi connectivity index (χ1) is 9.65. The van der Waals surface area contributed by atoms with Crippen molar-refractivity contribution in [2.24, 2.45) is 0 Å². The number of rotatable bonds is 5. The first kappa shape index (κ1) is 15.1. The predicted octanol–water partition coefficient (Wildman–Crippen LogP) is 3.41. The zero-order valence-corrected chi connectivity index (χ0v) is 13.1. The molecule has 0 spiro atoms. The molecule has 7 heteroatoms. The lowest BCUT2D eigenvalue weighted by Gasteiger charge is -2.17. The molecule has 1 N–H and O–H groups in total. The fourth-order valence-electron chi connectivity index (χ4n) is 1.68. The van der Waals surface area contributed by atoms with Crippen LogP contribution in [0.5, 0.6) is 0 Å². The molecule has 0 unspecified atom stereocenters. The van der Waals surface area contributed by atoms with Gasteiger partial charge in [-0.05, 0) is 30.7 Å². The number of anilines is 2. The summed E-state index contributed by atoms with van der Waals surface area (Å²) in [4.78, 5) is 8.13. The van der Waals surface area contributed by atoms with E-state index < -0.39 is 8.38 Å². The molecule has 0 saturated heterocycles. The number of hydrogen-bond acceptors (Lipinski definition) is 5. The van der Waals surface area contributed by atoms with E-state index in [1.807, 2.05) is 31.2 Å². The molecule has 1 heterocycles. The molecule has 0 atom stereocenters. The third-order valence-corrected chi connectivity index (χ3v) is 4.26. The van der Waals surface area contributed by atoms with Gasteiger partial charge in [0.1, 0.15) is 5.82 Å². The largest absolute Gasteiger partial charge is 0.339 e. The maximum Gasteiger partial charge on any atom is 0.224 e. The van der Waals surface area contributed by atoms with Crippen LogP contribution in [-0.4, -0.2) is 24.2 Å². The molecular formula is C13H15ClN3O2P. The molecule has 20 heavy (non-hydrogen) atoms. The molecule has 0 saturated carbocycles. The van der Waals surface area contributed by atoms with Crippen LogP contribution in [0.15, 0.2) is 30.5 Å². The van der Waals surface area contributed by atoms with Crippen LogP contribution in [0.4, 0.5) is 11.5 Å². The predicted molar refractivity (Wildman–Crippen MR) is 82.1 cm³/mol. The Kier molecular flexibility index (Phi) is 5.26. The summed E-state index contributed by atoms with van der Waals surface area (Å²) >= 11 is 5.83. The number of benzene rings is 1. The summed E-state index contributed by atoms with van der Waals surface area (Å²) in [7, 11) is 2.12. The Balaban J connectivity index is 2.36. The fourth-order valence-corrected chi connectivity index (χ4v) is 2.90. The highest BCUT2D eigenvalue weighted by molar-refractivity contribution is 7.56. The van der Waals surface area contributed by atoms with Crippen molar-refractivity contribution >= 4 is 36.8 Å². The molecule has 0 aliphatic heterocycles. The smallest absolute Gasteiger partial charge is 0.224 e. The van der Waals surface area contributed by atoms with Crippen LogP contribution in [0.3, 0.4) is 0 Å². The average Bonchev–Trinajstić information content (AvgIpc) is 2.46. The van der Waals surface area contributed by atoms with Gasteiger partial charge < -0.3 is 14.4 Å². The van der Waals surface area contributed by atoms with Crippen molar-refractivity contribution in [3.8, 4) is 0 Å². The van der Waals surface area contributed by atoms with Gasteiger partial charge in [0.05, 0.1) is 11.0 Å². The van der Waals surface area contributed by atoms with Crippen molar-refractivity contribution in [1.29, 1.82) is 0 Å². The first-order valence-electron chi connectivity index (χ1n) is 5.89. The second-order valence-corrected chi connectivity index (χ2v) is 6.00. The summed E-state index contributed by atoms with van der Waals surface area (Å²) in [6, 6.07) is 7.77. The second-order valence-electron chi connectivity index (χ2n) is 3.94. The molecule has 0 amide bonds. The van der Waals surface area contributed by atoms with Crippen molar-refractivity contribution in [2.75, 3.05) is 19.5 Å². The van der Waals surface area contributed by atoms with Gasteiger partial charge in [-0.15, -0.1) is 0 Å². The molecule has 106 valence electrons. The third-order valence-electron chi connectivity index (χ3n) is 2.63. The topological polar surface area (TPSA) is 56.3 Å². The van der Waals surface area contributed by atoms with E-state index in [4.69, 9.17) is 20.6 Å². The molecule has 0 aliphatic rings. The van der Waals surface area contributed by atoms with E-state index in [1.54, 1.807) is 20.4 Å². The number of aryl methyl sites for hydroxylation is 1. The van der Waals surface area contributed by atoms with Gasteiger partial charge in [0.15, 0.2) is 0 Å². The van der Waals surface area contributed by atoms with Crippen molar-refractivity contribution in [2.45, 2.75) is 6.92 Å². The molecule has 2 aromatic rings. The molecular weight excluding hydrogens is 297 g/mol. The summed E-state index contributed by atoms with van der Waals surface area (Å²) < 4.78 is 10.7. The first-order valence-corrected chi connectivity index (χ1v) is 7.44. The van der Waals surface area contributed by atoms with E-state index in [0.29, 0.717) is 5.82 Å². The van der Waals surface area contributed by atoms with E-state index in [1.165, 1.54) is 0 Å². The van der Waals surface area contributed by atoms with Gasteiger partial charge in [-0.2, -0.15) is 0 Å². The van der Waals surface area contributed by atoms with Gasteiger partial charge in [-0.3, -0.25) is 0 Å². The second kappa shape index (κ2) is 6.95. The van der Waals surface area contributed by atoms with Gasteiger partial charge in [0, 0.05) is 26.0 Å². The number of para-hydroxylation sites is 1. The van der Waals surface area contributed by atoms with Crippen molar-refractivity contribution < 1.29 is 9.05 Å². The van der Waals surface area contributed by atoms with Crippen molar-refractivity contribution in [3.63, 3.8) is 0 Å². The lowest BCUT2D eigenvalue weighted by Crippen LogP contribution is -2.11. The van der Waals surface area contributed by atoms with E-state index >= 15 is 0 Å².